The van der Waals surface area contributed by atoms with Gasteiger partial charge in [-0.15, -0.1) is 68.0 Å². The Bertz CT molecular complexity index is 5030. The summed E-state index contributed by atoms with van der Waals surface area (Å²) in [5.74, 6) is -1.26. The second-order valence-electron chi connectivity index (χ2n) is 25.4. The molecule has 13 N–H and O–H groups in total. The number of thiophene rings is 3. The quantitative estimate of drug-likeness (QED) is 0.0104. The van der Waals surface area contributed by atoms with Gasteiger partial charge in [0.05, 0.1) is 71.2 Å². The first kappa shape index (κ1) is 94.1. The molecule has 6 aromatic heterocycles. The van der Waals surface area contributed by atoms with Crippen LogP contribution < -0.4 is 81.8 Å². The Labute approximate surface area is 732 Å². The summed E-state index contributed by atoms with van der Waals surface area (Å²) in [5, 5.41) is 30.8. The minimum Gasteiger partial charge on any atom is -0.731 e. The number of carbonyl (C=O) groups excluding carboxylic acids is 6. The number of nitrogens with one attached hydrogen (secondary N) is 9. The normalized spacial score (nSPS) is 12.6. The van der Waals surface area contributed by atoms with E-state index in [2.05, 4.69) is 31.9 Å². The maximum absolute atomic E-state index is 13.5. The molecule has 0 saturated carbocycles. The van der Waals surface area contributed by atoms with Crippen molar-refractivity contribution in [3.05, 3.63) is 283 Å². The standard InChI is InChI=1S/3C26H26N4O6S3.H3N.Na/c3*1-36-26(32)29-21(15-17-6-3-2-4-7-17)24(31)27-20(22-16-38-25(28-22)23-8-5-13-37-23)14-18-9-11-19(12-10-18)30-39(33,34)35;;/h3*2-13,16,20-21,30H,14-15H2,1H3,(H,27,31)(H,29,32)(H,33,34,35);1H3;/q;;;;+1/p-2. The summed E-state index contributed by atoms with van der Waals surface area (Å²) >= 11 is 9.04. The summed E-state index contributed by atoms with van der Waals surface area (Å²) in [6.07, 6.45) is -0.490. The van der Waals surface area contributed by atoms with E-state index in [1.165, 1.54) is 91.7 Å². The number of carbonyl (C=O) groups is 6. The van der Waals surface area contributed by atoms with E-state index in [0.717, 1.165) is 63.0 Å². The molecule has 0 aliphatic rings. The Kier molecular flexibility index (Phi) is 36.1. The third kappa shape index (κ3) is 31.1. The number of aromatic nitrogens is 3. The maximum Gasteiger partial charge on any atom is 1.00 e. The van der Waals surface area contributed by atoms with Crippen LogP contribution in [0.15, 0.2) is 232 Å². The molecule has 6 aromatic carbocycles. The van der Waals surface area contributed by atoms with Crippen molar-refractivity contribution in [2.24, 2.45) is 0 Å². The van der Waals surface area contributed by atoms with Gasteiger partial charge < -0.3 is 65.9 Å². The third-order valence-electron chi connectivity index (χ3n) is 16.9. The SMILES string of the molecule is COC(=O)NC(Cc1ccccc1)C(=O)NC(Cc1ccc(NS(=O)(=O)[O-])cc1)c1csc(-c2cccs2)n1.COC(=O)NC(Cc1ccccc1)C(=O)NC(Cc1ccc(NS(=O)(=O)[O-])cc1)c1csc(-c2cccs2)n1.COC(=O)NC(Cc1ccccc1)C(=O)NC(Cc1ccc(NS(=O)(=O)[O-])cc1)c1csc(-c2cccs2)n1.[NH4+].[Na+]. The molecule has 0 fully saturated rings. The Morgan fingerprint density at radius 3 is 0.773 bits per heavy atom. The number of ether oxygens (including phenoxy) is 3. The molecule has 6 amide bonds. The van der Waals surface area contributed by atoms with E-state index >= 15 is 0 Å². The third-order valence-corrected chi connectivity index (χ3v) is 24.1. The summed E-state index contributed by atoms with van der Waals surface area (Å²) in [4.78, 5) is 93.9. The Morgan fingerprint density at radius 2 is 0.563 bits per heavy atom. The number of quaternary nitrogens is 1. The van der Waals surface area contributed by atoms with Gasteiger partial charge in [-0.05, 0) is 123 Å². The van der Waals surface area contributed by atoms with E-state index in [0.29, 0.717) is 36.3 Å². The number of hydrogen-bond donors (Lipinski definition) is 10. The number of methoxy groups -OCH3 is 3. The van der Waals surface area contributed by atoms with Crippen LogP contribution in [0.25, 0.3) is 29.7 Å². The summed E-state index contributed by atoms with van der Waals surface area (Å²) in [5.41, 5.74) is 7.17. The van der Waals surface area contributed by atoms with Gasteiger partial charge in [-0.25, -0.2) is 54.6 Å². The smallest absolute Gasteiger partial charge is 0.731 e. The first-order valence-corrected chi connectivity index (χ1v) is 44.6. The second-order valence-corrected chi connectivity index (χ2v) is 34.1. The molecule has 12 rings (SSSR count). The van der Waals surface area contributed by atoms with Crippen molar-refractivity contribution >= 4 is 152 Å². The van der Waals surface area contributed by atoms with Crippen LogP contribution in [0.5, 0.6) is 0 Å². The molecule has 0 aliphatic carbocycles. The van der Waals surface area contributed by atoms with Gasteiger partial charge in [0.25, 0.3) is 0 Å². The summed E-state index contributed by atoms with van der Waals surface area (Å²) in [6.45, 7) is 0. The van der Waals surface area contributed by atoms with Crippen LogP contribution in [-0.2, 0) is 98.0 Å². The van der Waals surface area contributed by atoms with Crippen molar-refractivity contribution in [3.63, 3.8) is 0 Å². The Morgan fingerprint density at radius 1 is 0.328 bits per heavy atom. The van der Waals surface area contributed by atoms with E-state index in [1.807, 2.05) is 174 Å². The molecular weight excluding hydrogens is 1720 g/mol. The van der Waals surface area contributed by atoms with E-state index in [-0.39, 0.29) is 72.0 Å². The predicted octanol–water partition coefficient (Wildman–Crippen LogP) is 9.71. The summed E-state index contributed by atoms with van der Waals surface area (Å²) in [7, 11) is -10.3. The number of rotatable bonds is 33. The molecule has 12 aromatic rings. The Hall–Kier alpha value is -10.4. The number of thiazole rings is 3. The molecule has 6 atom stereocenters. The number of nitrogens with zero attached hydrogens (tertiary/aromatic N) is 3. The van der Waals surface area contributed by atoms with Crippen LogP contribution in [-0.4, -0.2) is 129 Å². The molecule has 0 bridgehead atoms. The number of alkyl carbamates (subject to hydrolysis) is 3. The molecule has 0 spiro atoms. The second kappa shape index (κ2) is 45.7. The average Bonchev–Trinajstić information content (AvgIpc) is 1.72. The van der Waals surface area contributed by atoms with Gasteiger partial charge in [0.15, 0.2) is 30.9 Å². The number of benzene rings is 6. The van der Waals surface area contributed by atoms with Crippen LogP contribution in [0.1, 0.15) is 68.6 Å². The topological polar surface area (TPSA) is 485 Å². The minimum atomic E-state index is -4.65. The summed E-state index contributed by atoms with van der Waals surface area (Å²) in [6, 6.07) is 53.9. The zero-order chi connectivity index (χ0) is 83.5. The first-order chi connectivity index (χ1) is 56.1. The largest absolute Gasteiger partial charge is 1.00 e. The molecule has 6 heterocycles. The van der Waals surface area contributed by atoms with Crippen molar-refractivity contribution in [1.82, 2.24) is 53.0 Å². The zero-order valence-corrected chi connectivity index (χ0v) is 73.4. The minimum absolute atomic E-state index is 0. The maximum atomic E-state index is 13.5. The molecule has 119 heavy (non-hydrogen) atoms. The summed E-state index contributed by atoms with van der Waals surface area (Å²) < 4.78 is 119. The monoisotopic (exact) mass is 1800 g/mol. The van der Waals surface area contributed by atoms with Crippen LogP contribution in [0.3, 0.4) is 0 Å². The van der Waals surface area contributed by atoms with Crippen molar-refractivity contribution in [2.45, 2.75) is 74.8 Å². The number of amides is 6. The van der Waals surface area contributed by atoms with E-state index < -0.39 is 103 Å². The van der Waals surface area contributed by atoms with E-state index in [1.54, 1.807) is 70.4 Å². The van der Waals surface area contributed by atoms with Crippen molar-refractivity contribution in [3.8, 4) is 29.7 Å². The average molecular weight is 1800 g/mol. The van der Waals surface area contributed by atoms with Gasteiger partial charge in [-0.3, -0.25) is 28.5 Å². The van der Waals surface area contributed by atoms with Crippen molar-refractivity contribution in [2.75, 3.05) is 35.5 Å². The molecule has 0 saturated heterocycles. The fraction of sp³-hybridized carbons (Fsp3) is 0.192. The van der Waals surface area contributed by atoms with Crippen LogP contribution in [0, 0.1) is 0 Å². The molecule has 620 valence electrons. The van der Waals surface area contributed by atoms with Gasteiger partial charge in [-0.2, -0.15) is 0 Å². The Balaban J connectivity index is 0.000000220. The van der Waals surface area contributed by atoms with Gasteiger partial charge in [0.2, 0.25) is 17.7 Å². The fourth-order valence-electron chi connectivity index (χ4n) is 11.4. The zero-order valence-electron chi connectivity index (χ0n) is 64.1. The molecule has 41 heteroatoms. The van der Waals surface area contributed by atoms with Gasteiger partial charge in [0.1, 0.15) is 33.1 Å². The van der Waals surface area contributed by atoms with Gasteiger partial charge in [-0.1, -0.05) is 146 Å². The van der Waals surface area contributed by atoms with Gasteiger partial charge >= 0.3 is 47.8 Å². The van der Waals surface area contributed by atoms with Crippen molar-refractivity contribution in [1.29, 1.82) is 0 Å². The fourth-order valence-corrected chi connectivity index (χ4v) is 17.8. The predicted molar refractivity (Wildman–Crippen MR) is 454 cm³/mol. The van der Waals surface area contributed by atoms with E-state index in [9.17, 15) is 67.7 Å². The van der Waals surface area contributed by atoms with E-state index in [4.69, 9.17) is 29.2 Å². The van der Waals surface area contributed by atoms with Crippen LogP contribution in [0.2, 0.25) is 0 Å². The van der Waals surface area contributed by atoms with Crippen molar-refractivity contribution < 1.29 is 111 Å². The van der Waals surface area contributed by atoms with Crippen LogP contribution >= 0.6 is 68.0 Å². The molecule has 0 aliphatic heterocycles. The molecular formula is C78H79N13NaO18S9-. The van der Waals surface area contributed by atoms with Crippen LogP contribution in [0.4, 0.5) is 31.4 Å². The number of anilines is 3. The number of hydrogen-bond acceptors (Lipinski definition) is 27. The molecule has 6 unspecified atom stereocenters. The molecule has 31 nitrogen and oxygen atoms in total. The first-order valence-electron chi connectivity index (χ1n) is 35.1. The molecule has 0 radical (unpaired) electrons. The van der Waals surface area contributed by atoms with Gasteiger partial charge in [0, 0.05) is 52.5 Å².